The second kappa shape index (κ2) is 5.60. The van der Waals surface area contributed by atoms with E-state index in [1.165, 1.54) is 6.07 Å². The highest BCUT2D eigenvalue weighted by atomic mass is 19.1. The second-order valence-electron chi connectivity index (χ2n) is 5.79. The van der Waals surface area contributed by atoms with Crippen LogP contribution in [0.2, 0.25) is 0 Å². The lowest BCUT2D eigenvalue weighted by Crippen LogP contribution is -2.40. The van der Waals surface area contributed by atoms with Crippen molar-refractivity contribution in [2.45, 2.75) is 38.8 Å². The van der Waals surface area contributed by atoms with E-state index in [0.29, 0.717) is 12.4 Å². The number of aromatic nitrogens is 2. The molecular weight excluding hydrogens is 263 g/mol. The van der Waals surface area contributed by atoms with Crippen molar-refractivity contribution in [2.24, 2.45) is 0 Å². The quantitative estimate of drug-likeness (QED) is 0.894. The van der Waals surface area contributed by atoms with Crippen LogP contribution >= 0.6 is 0 Å². The first kappa shape index (κ1) is 14.5. The van der Waals surface area contributed by atoms with Crippen LogP contribution in [0.4, 0.5) is 15.0 Å². The summed E-state index contributed by atoms with van der Waals surface area (Å²) in [4.78, 5) is 13.6. The SMILES string of the molecule is CC(C)(C)OC(=O)NC1CCN(c2ccc(F)nn2)C1. The van der Waals surface area contributed by atoms with Crippen LogP contribution in [0.15, 0.2) is 12.1 Å². The molecule has 1 saturated heterocycles. The molecule has 0 aliphatic carbocycles. The Hall–Kier alpha value is -1.92. The molecule has 1 fully saturated rings. The average Bonchev–Trinajstić information content (AvgIpc) is 2.75. The summed E-state index contributed by atoms with van der Waals surface area (Å²) in [6, 6.07) is 2.85. The van der Waals surface area contributed by atoms with Gasteiger partial charge in [-0.05, 0) is 39.3 Å². The monoisotopic (exact) mass is 282 g/mol. The molecule has 1 aromatic rings. The molecule has 6 nitrogen and oxygen atoms in total. The van der Waals surface area contributed by atoms with E-state index in [2.05, 4.69) is 15.5 Å². The van der Waals surface area contributed by atoms with Gasteiger partial charge in [-0.3, -0.25) is 0 Å². The molecule has 2 heterocycles. The molecule has 2 rings (SSSR count). The number of nitrogens with one attached hydrogen (secondary N) is 1. The summed E-state index contributed by atoms with van der Waals surface area (Å²) in [5.41, 5.74) is -0.509. The number of rotatable bonds is 2. The number of hydrogen-bond acceptors (Lipinski definition) is 5. The molecule has 0 radical (unpaired) electrons. The summed E-state index contributed by atoms with van der Waals surface area (Å²) in [6.45, 7) is 6.81. The standard InChI is InChI=1S/C13H19FN4O2/c1-13(2,3)20-12(19)15-9-6-7-18(8-9)11-5-4-10(14)16-17-11/h4-5,9H,6-8H2,1-3H3,(H,15,19). The van der Waals surface area contributed by atoms with Crippen LogP contribution in [0.5, 0.6) is 0 Å². The van der Waals surface area contributed by atoms with E-state index in [9.17, 15) is 9.18 Å². The smallest absolute Gasteiger partial charge is 0.407 e. The van der Waals surface area contributed by atoms with Crippen molar-refractivity contribution in [3.05, 3.63) is 18.1 Å². The first-order valence-corrected chi connectivity index (χ1v) is 6.57. The van der Waals surface area contributed by atoms with Crippen LogP contribution in [0, 0.1) is 5.95 Å². The van der Waals surface area contributed by atoms with Gasteiger partial charge in [0, 0.05) is 13.1 Å². The Labute approximate surface area is 117 Å². The van der Waals surface area contributed by atoms with E-state index in [4.69, 9.17) is 4.74 Å². The van der Waals surface area contributed by atoms with Crippen LogP contribution in [-0.2, 0) is 4.74 Å². The van der Waals surface area contributed by atoms with Crippen LogP contribution in [0.25, 0.3) is 0 Å². The Kier molecular flexibility index (Phi) is 4.06. The van der Waals surface area contributed by atoms with Crippen molar-refractivity contribution in [1.82, 2.24) is 15.5 Å². The normalized spacial score (nSPS) is 19.0. The Morgan fingerprint density at radius 1 is 1.45 bits per heavy atom. The van der Waals surface area contributed by atoms with Crippen LogP contribution in [0.1, 0.15) is 27.2 Å². The summed E-state index contributed by atoms with van der Waals surface area (Å²) in [7, 11) is 0. The third-order valence-corrected chi connectivity index (χ3v) is 2.85. The van der Waals surface area contributed by atoms with Gasteiger partial charge in [0.2, 0.25) is 5.95 Å². The van der Waals surface area contributed by atoms with E-state index >= 15 is 0 Å². The molecule has 1 aromatic heterocycles. The molecule has 1 aliphatic rings. The zero-order valence-corrected chi connectivity index (χ0v) is 11.9. The highest BCUT2D eigenvalue weighted by Crippen LogP contribution is 2.17. The Morgan fingerprint density at radius 3 is 2.80 bits per heavy atom. The van der Waals surface area contributed by atoms with Gasteiger partial charge >= 0.3 is 6.09 Å². The van der Waals surface area contributed by atoms with Crippen molar-refractivity contribution in [1.29, 1.82) is 0 Å². The molecule has 1 amide bonds. The number of nitrogens with zero attached hydrogens (tertiary/aromatic N) is 3. The van der Waals surface area contributed by atoms with Gasteiger partial charge in [-0.2, -0.15) is 4.39 Å². The van der Waals surface area contributed by atoms with Crippen LogP contribution < -0.4 is 10.2 Å². The van der Waals surface area contributed by atoms with Gasteiger partial charge in [0.05, 0.1) is 6.04 Å². The lowest BCUT2D eigenvalue weighted by atomic mass is 10.2. The fraction of sp³-hybridized carbons (Fsp3) is 0.615. The third kappa shape index (κ3) is 4.04. The predicted octanol–water partition coefficient (Wildman–Crippen LogP) is 1.72. The van der Waals surface area contributed by atoms with Crippen molar-refractivity contribution in [3.8, 4) is 0 Å². The van der Waals surface area contributed by atoms with Crippen LogP contribution in [0.3, 0.4) is 0 Å². The molecule has 0 spiro atoms. The van der Waals surface area contributed by atoms with E-state index in [1.807, 2.05) is 25.7 Å². The summed E-state index contributed by atoms with van der Waals surface area (Å²) >= 11 is 0. The zero-order valence-electron chi connectivity index (χ0n) is 11.9. The number of amides is 1. The molecule has 1 atom stereocenters. The minimum absolute atomic E-state index is 0.00305. The molecular formula is C13H19FN4O2. The van der Waals surface area contributed by atoms with Gasteiger partial charge in [0.15, 0.2) is 5.82 Å². The number of carbonyl (C=O) groups excluding carboxylic acids is 1. The van der Waals surface area contributed by atoms with Gasteiger partial charge < -0.3 is 15.0 Å². The lowest BCUT2D eigenvalue weighted by Gasteiger charge is -2.22. The molecule has 7 heteroatoms. The minimum atomic E-state index is -0.601. The number of alkyl carbamates (subject to hydrolysis) is 1. The van der Waals surface area contributed by atoms with E-state index in [0.717, 1.165) is 13.0 Å². The Bertz CT molecular complexity index is 472. The molecule has 1 aliphatic heterocycles. The van der Waals surface area contributed by atoms with Crippen LogP contribution in [-0.4, -0.2) is 41.0 Å². The fourth-order valence-corrected chi connectivity index (χ4v) is 2.04. The number of halogens is 1. The number of anilines is 1. The van der Waals surface area contributed by atoms with Gasteiger partial charge in [0.25, 0.3) is 0 Å². The highest BCUT2D eigenvalue weighted by molar-refractivity contribution is 5.68. The van der Waals surface area contributed by atoms with Gasteiger partial charge in [-0.25, -0.2) is 4.79 Å². The van der Waals surface area contributed by atoms with E-state index in [-0.39, 0.29) is 6.04 Å². The summed E-state index contributed by atoms with van der Waals surface area (Å²) in [5, 5.41) is 10.00. The van der Waals surface area contributed by atoms with E-state index < -0.39 is 17.6 Å². The Balaban J connectivity index is 1.86. The van der Waals surface area contributed by atoms with Crippen molar-refractivity contribution < 1.29 is 13.9 Å². The molecule has 0 saturated carbocycles. The highest BCUT2D eigenvalue weighted by Gasteiger charge is 2.27. The number of ether oxygens (including phenoxy) is 1. The average molecular weight is 282 g/mol. The molecule has 20 heavy (non-hydrogen) atoms. The summed E-state index contributed by atoms with van der Waals surface area (Å²) in [6.07, 6.45) is 0.368. The summed E-state index contributed by atoms with van der Waals surface area (Å²) < 4.78 is 17.9. The van der Waals surface area contributed by atoms with Crippen molar-refractivity contribution >= 4 is 11.9 Å². The third-order valence-electron chi connectivity index (χ3n) is 2.85. The zero-order chi connectivity index (χ0) is 14.8. The molecule has 1 unspecified atom stereocenters. The number of hydrogen-bond donors (Lipinski definition) is 1. The minimum Gasteiger partial charge on any atom is -0.444 e. The van der Waals surface area contributed by atoms with Crippen molar-refractivity contribution in [2.75, 3.05) is 18.0 Å². The number of carbonyl (C=O) groups is 1. The molecule has 0 bridgehead atoms. The first-order chi connectivity index (χ1) is 9.33. The van der Waals surface area contributed by atoms with Gasteiger partial charge in [-0.1, -0.05) is 0 Å². The maximum absolute atomic E-state index is 12.7. The maximum Gasteiger partial charge on any atom is 0.407 e. The largest absolute Gasteiger partial charge is 0.444 e. The molecule has 110 valence electrons. The second-order valence-corrected chi connectivity index (χ2v) is 5.79. The summed E-state index contributed by atoms with van der Waals surface area (Å²) in [5.74, 6) is 0.0104. The Morgan fingerprint density at radius 2 is 2.20 bits per heavy atom. The first-order valence-electron chi connectivity index (χ1n) is 6.57. The van der Waals surface area contributed by atoms with Crippen molar-refractivity contribution in [3.63, 3.8) is 0 Å². The fourth-order valence-electron chi connectivity index (χ4n) is 2.04. The molecule has 0 aromatic carbocycles. The lowest BCUT2D eigenvalue weighted by molar-refractivity contribution is 0.0509. The molecule has 1 N–H and O–H groups in total. The van der Waals surface area contributed by atoms with E-state index in [1.54, 1.807) is 6.07 Å². The topological polar surface area (TPSA) is 67.3 Å². The van der Waals surface area contributed by atoms with Gasteiger partial charge in [0.1, 0.15) is 5.60 Å². The predicted molar refractivity (Wildman–Crippen MR) is 72.0 cm³/mol. The maximum atomic E-state index is 12.7. The van der Waals surface area contributed by atoms with Gasteiger partial charge in [-0.15, -0.1) is 10.2 Å².